The molecule has 8 nitrogen and oxygen atoms in total. The molecular formula is C50H91NO7P+. The number of allylic oxidation sites excluding steroid dienone is 12. The first-order valence-corrected chi connectivity index (χ1v) is 25.2. The molecule has 1 N–H and O–H groups in total. The van der Waals surface area contributed by atoms with E-state index in [1.165, 1.54) is 77.0 Å². The van der Waals surface area contributed by atoms with Crippen molar-refractivity contribution in [2.45, 2.75) is 187 Å². The average Bonchev–Trinajstić information content (AvgIpc) is 3.19. The molecule has 0 aromatic rings. The zero-order valence-corrected chi connectivity index (χ0v) is 39.6. The lowest BCUT2D eigenvalue weighted by molar-refractivity contribution is -0.870. The molecule has 0 amide bonds. The third-order valence-electron chi connectivity index (χ3n) is 9.75. The first-order valence-electron chi connectivity index (χ1n) is 23.7. The van der Waals surface area contributed by atoms with Gasteiger partial charge in [-0.25, -0.2) is 4.57 Å². The number of rotatable bonds is 43. The summed E-state index contributed by atoms with van der Waals surface area (Å²) >= 11 is 0. The number of ether oxygens (including phenoxy) is 2. The number of phosphoric ester groups is 1. The summed E-state index contributed by atoms with van der Waals surface area (Å²) in [6, 6.07) is 0. The molecule has 0 aromatic carbocycles. The van der Waals surface area contributed by atoms with Crippen LogP contribution in [-0.2, 0) is 27.9 Å². The summed E-state index contributed by atoms with van der Waals surface area (Å²) in [5.74, 6) is -0.331. The minimum Gasteiger partial charge on any atom is -0.457 e. The van der Waals surface area contributed by atoms with Crippen molar-refractivity contribution in [3.05, 3.63) is 72.9 Å². The summed E-state index contributed by atoms with van der Waals surface area (Å²) in [5, 5.41) is 0. The van der Waals surface area contributed by atoms with Gasteiger partial charge in [-0.15, -0.1) is 0 Å². The smallest absolute Gasteiger partial charge is 0.457 e. The Kier molecular flexibility index (Phi) is 41.1. The van der Waals surface area contributed by atoms with Crippen LogP contribution in [0.15, 0.2) is 72.9 Å². The van der Waals surface area contributed by atoms with Crippen molar-refractivity contribution >= 4 is 13.8 Å². The fourth-order valence-corrected chi connectivity index (χ4v) is 6.84. The van der Waals surface area contributed by atoms with Gasteiger partial charge in [0.15, 0.2) is 0 Å². The molecule has 0 saturated carbocycles. The lowest BCUT2D eigenvalue weighted by Crippen LogP contribution is -2.37. The maximum absolute atomic E-state index is 12.7. The maximum Gasteiger partial charge on any atom is 0.472 e. The monoisotopic (exact) mass is 849 g/mol. The third kappa shape index (κ3) is 46.9. The van der Waals surface area contributed by atoms with Crippen molar-refractivity contribution < 1.29 is 37.3 Å². The Bertz CT molecular complexity index is 1170. The molecule has 0 aliphatic heterocycles. The molecule has 0 fully saturated rings. The van der Waals surface area contributed by atoms with Gasteiger partial charge < -0.3 is 18.9 Å². The van der Waals surface area contributed by atoms with E-state index in [9.17, 15) is 14.3 Å². The van der Waals surface area contributed by atoms with Crippen molar-refractivity contribution in [2.24, 2.45) is 0 Å². The predicted octanol–water partition coefficient (Wildman–Crippen LogP) is 14.3. The summed E-state index contributed by atoms with van der Waals surface area (Å²) in [6.07, 6.45) is 55.0. The van der Waals surface area contributed by atoms with E-state index in [-0.39, 0.29) is 25.8 Å². The van der Waals surface area contributed by atoms with E-state index in [1.54, 1.807) is 0 Å². The van der Waals surface area contributed by atoms with Crippen LogP contribution in [0.25, 0.3) is 0 Å². The third-order valence-corrected chi connectivity index (χ3v) is 10.7. The van der Waals surface area contributed by atoms with Crippen LogP contribution in [0, 0.1) is 0 Å². The number of likely N-dealkylation sites (N-methyl/N-ethyl adjacent to an activating group) is 1. The lowest BCUT2D eigenvalue weighted by Gasteiger charge is -2.24. The molecule has 342 valence electrons. The van der Waals surface area contributed by atoms with E-state index in [4.69, 9.17) is 18.5 Å². The van der Waals surface area contributed by atoms with Gasteiger partial charge >= 0.3 is 13.8 Å². The topological polar surface area (TPSA) is 91.3 Å². The van der Waals surface area contributed by atoms with Gasteiger partial charge in [0.25, 0.3) is 0 Å². The van der Waals surface area contributed by atoms with E-state index < -0.39 is 13.9 Å². The van der Waals surface area contributed by atoms with Crippen molar-refractivity contribution in [2.75, 3.05) is 54.1 Å². The molecule has 9 heteroatoms. The second-order valence-electron chi connectivity index (χ2n) is 16.8. The van der Waals surface area contributed by atoms with E-state index >= 15 is 0 Å². The van der Waals surface area contributed by atoms with E-state index in [0.29, 0.717) is 24.1 Å². The van der Waals surface area contributed by atoms with Crippen LogP contribution in [0.5, 0.6) is 0 Å². The van der Waals surface area contributed by atoms with Gasteiger partial charge in [0.1, 0.15) is 19.3 Å². The number of carbonyl (C=O) groups excluding carboxylic acids is 1. The van der Waals surface area contributed by atoms with Gasteiger partial charge in [0.2, 0.25) is 0 Å². The summed E-state index contributed by atoms with van der Waals surface area (Å²) in [7, 11) is 1.64. The van der Waals surface area contributed by atoms with Crippen molar-refractivity contribution in [1.29, 1.82) is 0 Å². The fraction of sp³-hybridized carbons (Fsp3) is 0.740. The summed E-state index contributed by atoms with van der Waals surface area (Å²) < 4.78 is 35.1. The van der Waals surface area contributed by atoms with Crippen molar-refractivity contribution in [1.82, 2.24) is 0 Å². The number of nitrogens with zero attached hydrogens (tertiary/aromatic N) is 1. The molecule has 0 rings (SSSR count). The Morgan fingerprint density at radius 2 is 0.983 bits per heavy atom. The molecule has 0 spiro atoms. The first-order chi connectivity index (χ1) is 28.6. The Morgan fingerprint density at radius 3 is 1.47 bits per heavy atom. The van der Waals surface area contributed by atoms with Gasteiger partial charge in [0.05, 0.1) is 34.4 Å². The Hall–Kier alpha value is -2.06. The number of esters is 1. The van der Waals surface area contributed by atoms with Crippen molar-refractivity contribution in [3.8, 4) is 0 Å². The molecule has 0 radical (unpaired) electrons. The molecule has 0 bridgehead atoms. The molecule has 0 saturated heterocycles. The number of hydrogen-bond donors (Lipinski definition) is 1. The molecule has 0 aromatic heterocycles. The highest BCUT2D eigenvalue weighted by Crippen LogP contribution is 2.43. The molecule has 2 unspecified atom stereocenters. The van der Waals surface area contributed by atoms with Crippen LogP contribution < -0.4 is 0 Å². The van der Waals surface area contributed by atoms with Crippen LogP contribution in [0.4, 0.5) is 0 Å². The van der Waals surface area contributed by atoms with Gasteiger partial charge in [-0.05, 0) is 83.5 Å². The first kappa shape index (κ1) is 56.9. The summed E-state index contributed by atoms with van der Waals surface area (Å²) in [5.41, 5.74) is 0. The normalized spacial score (nSPS) is 14.3. The molecule has 0 aliphatic carbocycles. The molecule has 0 aliphatic rings. The standard InChI is InChI=1S/C50H90NO7P/c1-6-8-10-12-14-16-18-20-22-24-26-27-29-31-33-35-37-39-41-43-50(52)58-49(48-57-59(53,54)56-46-44-51(3,4)5)47-55-45-42-40-38-36-34-32-30-28-25-23-21-19-17-15-13-11-9-7-2/h9,11,14-17,20-23,26-27,49H,6-8,10,12-13,18-19,24-25,28-48H2,1-5H3/p+1/b11-9-,16-14-,17-15-,22-20-,23-21-,27-26-. The van der Waals surface area contributed by atoms with Crippen LogP contribution in [0.1, 0.15) is 181 Å². The second kappa shape index (κ2) is 42.6. The molecule has 0 heterocycles. The summed E-state index contributed by atoms with van der Waals surface area (Å²) in [6.45, 7) is 5.44. The highest BCUT2D eigenvalue weighted by atomic mass is 31.2. The van der Waals surface area contributed by atoms with E-state index in [1.807, 2.05) is 21.1 Å². The molecular weight excluding hydrogens is 758 g/mol. The predicted molar refractivity (Wildman–Crippen MR) is 252 cm³/mol. The Morgan fingerprint density at radius 1 is 0.542 bits per heavy atom. The van der Waals surface area contributed by atoms with Crippen LogP contribution in [-0.4, -0.2) is 75.6 Å². The Labute approximate surface area is 363 Å². The molecule has 2 atom stereocenters. The fourth-order valence-electron chi connectivity index (χ4n) is 6.10. The number of phosphoric acid groups is 1. The van der Waals surface area contributed by atoms with E-state index in [0.717, 1.165) is 83.5 Å². The number of hydrogen-bond acceptors (Lipinski definition) is 6. The van der Waals surface area contributed by atoms with E-state index in [2.05, 4.69) is 86.8 Å². The highest BCUT2D eigenvalue weighted by molar-refractivity contribution is 7.47. The van der Waals surface area contributed by atoms with Crippen LogP contribution >= 0.6 is 7.82 Å². The minimum atomic E-state index is -4.29. The number of carbonyl (C=O) groups is 1. The van der Waals surface area contributed by atoms with Crippen molar-refractivity contribution in [3.63, 3.8) is 0 Å². The van der Waals surface area contributed by atoms with Gasteiger partial charge in [-0.1, -0.05) is 164 Å². The van der Waals surface area contributed by atoms with Gasteiger partial charge in [0, 0.05) is 13.0 Å². The average molecular weight is 849 g/mol. The van der Waals surface area contributed by atoms with Crippen LogP contribution in [0.2, 0.25) is 0 Å². The lowest BCUT2D eigenvalue weighted by atomic mass is 10.1. The largest absolute Gasteiger partial charge is 0.472 e. The van der Waals surface area contributed by atoms with Gasteiger partial charge in [-0.2, -0.15) is 0 Å². The highest BCUT2D eigenvalue weighted by Gasteiger charge is 2.26. The zero-order valence-electron chi connectivity index (χ0n) is 38.7. The SMILES string of the molecule is CC/C=C\C/C=C\C/C=C\CCCCCCCCCCOCC(COP(=O)(O)OCC[N+](C)(C)C)OC(=O)CCCCCCCC/C=C\C/C=C\C/C=C\CCCCC. The zero-order chi connectivity index (χ0) is 43.4. The van der Waals surface area contributed by atoms with Gasteiger partial charge in [-0.3, -0.25) is 13.8 Å². The quantitative estimate of drug-likeness (QED) is 0.0215. The summed E-state index contributed by atoms with van der Waals surface area (Å²) in [4.78, 5) is 23.0. The maximum atomic E-state index is 12.7. The van der Waals surface area contributed by atoms with Crippen LogP contribution in [0.3, 0.4) is 0 Å². The Balaban J connectivity index is 4.25. The molecule has 59 heavy (non-hydrogen) atoms. The minimum absolute atomic E-state index is 0.0806. The number of unbranched alkanes of at least 4 members (excludes halogenated alkanes) is 17. The number of quaternary nitrogens is 1. The second-order valence-corrected chi connectivity index (χ2v) is 18.2.